The fourth-order valence-corrected chi connectivity index (χ4v) is 6.12. The van der Waals surface area contributed by atoms with Gasteiger partial charge < -0.3 is 30.7 Å². The topological polar surface area (TPSA) is 168 Å². The van der Waals surface area contributed by atoms with E-state index in [1.165, 1.54) is 17.0 Å². The molecule has 4 N–H and O–H groups in total. The van der Waals surface area contributed by atoms with Gasteiger partial charge in [-0.2, -0.15) is 13.2 Å². The highest BCUT2D eigenvalue weighted by molar-refractivity contribution is 6.04. The average Bonchev–Trinajstić information content (AvgIpc) is 3.53. The van der Waals surface area contributed by atoms with Crippen molar-refractivity contribution < 1.29 is 37.4 Å². The first-order chi connectivity index (χ1) is 24.8. The summed E-state index contributed by atoms with van der Waals surface area (Å²) in [5, 5.41) is 12.2. The quantitative estimate of drug-likeness (QED) is 0.107. The van der Waals surface area contributed by atoms with E-state index in [0.29, 0.717) is 67.3 Å². The van der Waals surface area contributed by atoms with E-state index in [2.05, 4.69) is 20.2 Å². The maximum Gasteiger partial charge on any atom is 0.416 e. The Bertz CT molecular complexity index is 1930. The second kappa shape index (κ2) is 16.7. The molecule has 1 unspecified atom stereocenters. The zero-order chi connectivity index (χ0) is 37.4. The summed E-state index contributed by atoms with van der Waals surface area (Å²) in [6.45, 7) is 4.20. The summed E-state index contributed by atoms with van der Waals surface area (Å²) in [6, 6.07) is 7.93. The number of hydrogen-bond acceptors (Lipinski definition) is 9. The number of imidazole rings is 1. The minimum atomic E-state index is -4.59. The number of ether oxygens (including phenoxy) is 1. The van der Waals surface area contributed by atoms with Gasteiger partial charge in [0.2, 0.25) is 0 Å². The second-order valence-corrected chi connectivity index (χ2v) is 12.5. The molecule has 1 atom stereocenters. The number of nitrogens with two attached hydrogens (primary N) is 1. The molecule has 0 aliphatic carbocycles. The number of rotatable bonds is 13. The molecule has 0 spiro atoms. The number of alkyl halides is 3. The third kappa shape index (κ3) is 9.23. The summed E-state index contributed by atoms with van der Waals surface area (Å²) in [5.41, 5.74) is 8.00. The minimum Gasteiger partial charge on any atom is -0.466 e. The molecule has 52 heavy (non-hydrogen) atoms. The van der Waals surface area contributed by atoms with Gasteiger partial charge in [0.05, 0.1) is 24.1 Å². The van der Waals surface area contributed by atoms with E-state index in [4.69, 9.17) is 15.5 Å². The van der Waals surface area contributed by atoms with Crippen molar-refractivity contribution in [3.05, 3.63) is 77.5 Å². The lowest BCUT2D eigenvalue weighted by molar-refractivity contribution is -0.143. The van der Waals surface area contributed by atoms with Gasteiger partial charge in [-0.25, -0.2) is 19.7 Å². The van der Waals surface area contributed by atoms with Crippen LogP contribution in [-0.4, -0.2) is 92.1 Å². The molecule has 5 rings (SSSR count). The molecule has 1 aromatic carbocycles. The van der Waals surface area contributed by atoms with E-state index in [1.807, 2.05) is 23.6 Å². The van der Waals surface area contributed by atoms with Crippen LogP contribution in [0.25, 0.3) is 22.9 Å². The van der Waals surface area contributed by atoms with Gasteiger partial charge >= 0.3 is 18.2 Å². The summed E-state index contributed by atoms with van der Waals surface area (Å²) in [5.74, 6) is -0.508. The van der Waals surface area contributed by atoms with Crippen LogP contribution in [0.5, 0.6) is 0 Å². The van der Waals surface area contributed by atoms with E-state index in [1.54, 1.807) is 25.3 Å². The van der Waals surface area contributed by atoms with Crippen molar-refractivity contribution in [1.29, 1.82) is 0 Å². The zero-order valence-corrected chi connectivity index (χ0v) is 28.9. The third-order valence-corrected chi connectivity index (χ3v) is 8.73. The molecule has 276 valence electrons. The monoisotopic (exact) mass is 722 g/mol. The Hall–Kier alpha value is -5.51. The molecule has 0 bridgehead atoms. The number of hydrogen-bond donors (Lipinski definition) is 3. The van der Waals surface area contributed by atoms with E-state index in [-0.39, 0.29) is 35.6 Å². The van der Waals surface area contributed by atoms with E-state index >= 15 is 0 Å². The standard InChI is InChI=1S/C36H41F3N8O5/c1-3-52-29(48)10-4-5-17-45(2)18-7-9-27-21-42-32(40)31-30(44-33(47(27)31)25-8-6-19-46(22-25)35(50)51)23-11-13-24(14-12-23)34(49)43-28-20-26(15-16-41-28)36(37,38)39/h7,9,11-16,20-21,25H,3-6,8,10,17-19,22H2,1-2H3,(H2,40,42)(H,50,51)(H,41,43,49)/b9-7+. The normalized spacial score (nSPS) is 15.0. The number of unbranched alkanes of at least 4 members (excludes halogenated alkanes) is 1. The number of aromatic nitrogens is 4. The Morgan fingerprint density at radius 1 is 1.15 bits per heavy atom. The Kier molecular flexibility index (Phi) is 12.1. The number of anilines is 2. The smallest absolute Gasteiger partial charge is 0.416 e. The maximum atomic E-state index is 13.2. The molecular formula is C36H41F3N8O5. The van der Waals surface area contributed by atoms with Crippen molar-refractivity contribution in [2.24, 2.45) is 0 Å². The van der Waals surface area contributed by atoms with Crippen molar-refractivity contribution in [3.8, 4) is 11.3 Å². The van der Waals surface area contributed by atoms with Crippen LogP contribution in [0.15, 0.2) is 54.9 Å². The lowest BCUT2D eigenvalue weighted by Crippen LogP contribution is -2.38. The number of amides is 2. The number of nitrogen functional groups attached to an aromatic ring is 1. The highest BCUT2D eigenvalue weighted by atomic mass is 19.4. The number of carbonyl (C=O) groups is 3. The van der Waals surface area contributed by atoms with Crippen LogP contribution in [-0.2, 0) is 15.7 Å². The molecule has 4 heterocycles. The fraction of sp³-hybridized carbons (Fsp3) is 0.389. The number of likely N-dealkylation sites (N-methyl/N-ethyl adjacent to an activating group) is 1. The SMILES string of the molecule is CCOC(=O)CCCCN(C)C/C=C/c1cnc(N)c2c(-c3ccc(C(=O)Nc4cc(C(F)(F)F)ccn4)cc3)nc(C3CCCN(C(=O)O)C3)n12. The van der Waals surface area contributed by atoms with Gasteiger partial charge in [0.25, 0.3) is 5.91 Å². The number of benzene rings is 1. The average molecular weight is 723 g/mol. The van der Waals surface area contributed by atoms with Crippen LogP contribution in [0, 0.1) is 0 Å². The van der Waals surface area contributed by atoms with Crippen molar-refractivity contribution in [1.82, 2.24) is 29.2 Å². The van der Waals surface area contributed by atoms with Gasteiger partial charge in [-0.15, -0.1) is 0 Å². The number of nitrogens with one attached hydrogen (secondary N) is 1. The first-order valence-corrected chi connectivity index (χ1v) is 17.0. The summed E-state index contributed by atoms with van der Waals surface area (Å²) in [6.07, 6.45) is 4.20. The molecule has 3 aromatic heterocycles. The number of halogens is 3. The van der Waals surface area contributed by atoms with E-state index < -0.39 is 23.7 Å². The van der Waals surface area contributed by atoms with Gasteiger partial charge in [0, 0.05) is 49.3 Å². The molecular weight excluding hydrogens is 681 g/mol. The highest BCUT2D eigenvalue weighted by Crippen LogP contribution is 2.35. The van der Waals surface area contributed by atoms with Crippen LogP contribution < -0.4 is 11.1 Å². The Labute approximate surface area is 298 Å². The van der Waals surface area contributed by atoms with Crippen LogP contribution in [0.2, 0.25) is 0 Å². The Balaban J connectivity index is 1.42. The number of carboxylic acid groups (broad SMARTS) is 1. The fourth-order valence-electron chi connectivity index (χ4n) is 6.12. The van der Waals surface area contributed by atoms with Gasteiger partial charge in [0.15, 0.2) is 0 Å². The number of nitrogens with zero attached hydrogens (tertiary/aromatic N) is 6. The summed E-state index contributed by atoms with van der Waals surface area (Å²) >= 11 is 0. The number of piperidine rings is 1. The lowest BCUT2D eigenvalue weighted by atomic mass is 9.97. The van der Waals surface area contributed by atoms with E-state index in [0.717, 1.165) is 37.7 Å². The Morgan fingerprint density at radius 3 is 2.63 bits per heavy atom. The summed E-state index contributed by atoms with van der Waals surface area (Å²) in [7, 11) is 1.98. The molecule has 1 saturated heterocycles. The number of esters is 1. The first kappa shape index (κ1) is 37.7. The maximum absolute atomic E-state index is 13.2. The zero-order valence-electron chi connectivity index (χ0n) is 28.9. The highest BCUT2D eigenvalue weighted by Gasteiger charge is 2.32. The molecule has 0 saturated carbocycles. The third-order valence-electron chi connectivity index (χ3n) is 8.73. The Morgan fingerprint density at radius 2 is 1.92 bits per heavy atom. The predicted molar refractivity (Wildman–Crippen MR) is 189 cm³/mol. The van der Waals surface area contributed by atoms with Crippen molar-refractivity contribution in [2.75, 3.05) is 50.9 Å². The molecule has 13 nitrogen and oxygen atoms in total. The van der Waals surface area contributed by atoms with Gasteiger partial charge in [0.1, 0.15) is 28.7 Å². The van der Waals surface area contributed by atoms with Crippen molar-refractivity contribution in [2.45, 2.75) is 51.1 Å². The lowest BCUT2D eigenvalue weighted by Gasteiger charge is -2.30. The molecule has 2 amide bonds. The molecule has 4 aromatic rings. The van der Waals surface area contributed by atoms with Crippen LogP contribution in [0.4, 0.5) is 29.6 Å². The number of fused-ring (bicyclic) bond motifs is 1. The van der Waals surface area contributed by atoms with Gasteiger partial charge in [-0.3, -0.25) is 14.0 Å². The largest absolute Gasteiger partial charge is 0.466 e. The van der Waals surface area contributed by atoms with Crippen molar-refractivity contribution >= 4 is 41.2 Å². The molecule has 0 radical (unpaired) electrons. The molecule has 16 heteroatoms. The molecule has 1 aliphatic heterocycles. The van der Waals surface area contributed by atoms with Crippen LogP contribution in [0.3, 0.4) is 0 Å². The summed E-state index contributed by atoms with van der Waals surface area (Å²) < 4.78 is 46.3. The van der Waals surface area contributed by atoms with Gasteiger partial charge in [-0.1, -0.05) is 18.2 Å². The summed E-state index contributed by atoms with van der Waals surface area (Å²) in [4.78, 5) is 53.3. The minimum absolute atomic E-state index is 0.177. The van der Waals surface area contributed by atoms with Crippen LogP contribution >= 0.6 is 0 Å². The number of pyridine rings is 1. The first-order valence-electron chi connectivity index (χ1n) is 17.0. The number of likely N-dealkylation sites (tertiary alicyclic amines) is 1. The van der Waals surface area contributed by atoms with Gasteiger partial charge in [-0.05, 0) is 76.5 Å². The predicted octanol–water partition coefficient (Wildman–Crippen LogP) is 6.18. The van der Waals surface area contributed by atoms with Crippen molar-refractivity contribution in [3.63, 3.8) is 0 Å². The molecule has 1 fully saturated rings. The molecule has 1 aliphatic rings. The number of carbonyl (C=O) groups excluding carboxylic acids is 2. The second-order valence-electron chi connectivity index (χ2n) is 12.5. The van der Waals surface area contributed by atoms with Crippen LogP contribution in [0.1, 0.15) is 72.4 Å². The van der Waals surface area contributed by atoms with E-state index in [9.17, 15) is 32.7 Å².